The monoisotopic (exact) mass is 411 g/mol. The van der Waals surface area contributed by atoms with Crippen molar-refractivity contribution in [2.75, 3.05) is 43.4 Å². The van der Waals surface area contributed by atoms with Gasteiger partial charge in [0.1, 0.15) is 0 Å². The number of carbonyl (C=O) groups is 1. The lowest BCUT2D eigenvalue weighted by Crippen LogP contribution is -2.44. The minimum atomic E-state index is -0.166. The molecule has 0 bridgehead atoms. The van der Waals surface area contributed by atoms with Gasteiger partial charge in [0.05, 0.1) is 5.02 Å². The third kappa shape index (κ3) is 4.22. The number of nitrogens with zero attached hydrogens (tertiary/aromatic N) is 2. The van der Waals surface area contributed by atoms with Gasteiger partial charge < -0.3 is 15.1 Å². The highest BCUT2D eigenvalue weighted by Gasteiger charge is 2.14. The van der Waals surface area contributed by atoms with Gasteiger partial charge in [0.15, 0.2) is 0 Å². The van der Waals surface area contributed by atoms with Gasteiger partial charge in [-0.25, -0.2) is 0 Å². The zero-order valence-electron chi connectivity index (χ0n) is 15.7. The molecule has 28 heavy (non-hydrogen) atoms. The van der Waals surface area contributed by atoms with Crippen LogP contribution in [0.5, 0.6) is 0 Å². The molecule has 0 saturated carbocycles. The summed E-state index contributed by atoms with van der Waals surface area (Å²) >= 11 is 8.00. The lowest BCUT2D eigenvalue weighted by atomic mass is 10.2. The van der Waals surface area contributed by atoms with Gasteiger partial charge in [0.2, 0.25) is 5.91 Å². The van der Waals surface area contributed by atoms with E-state index in [4.69, 9.17) is 11.6 Å². The quantitative estimate of drug-likeness (QED) is 0.616. The molecule has 0 unspecified atom stereocenters. The van der Waals surface area contributed by atoms with E-state index in [2.05, 4.69) is 34.3 Å². The minimum absolute atomic E-state index is 0.166. The highest BCUT2D eigenvalue weighted by Crippen LogP contribution is 2.35. The van der Waals surface area contributed by atoms with Crippen LogP contribution in [-0.2, 0) is 4.79 Å². The zero-order valence-corrected chi connectivity index (χ0v) is 17.3. The third-order valence-electron chi connectivity index (χ3n) is 4.95. The average Bonchev–Trinajstić information content (AvgIpc) is 3.04. The number of thiophene rings is 1. The fourth-order valence-electron chi connectivity index (χ4n) is 3.30. The Morgan fingerprint density at radius 1 is 1.07 bits per heavy atom. The molecule has 1 aliphatic heterocycles. The Labute approximate surface area is 174 Å². The third-order valence-corrected chi connectivity index (χ3v) is 6.60. The first-order valence-electron chi connectivity index (χ1n) is 9.30. The highest BCUT2D eigenvalue weighted by atomic mass is 35.5. The maximum Gasteiger partial charge on any atom is 0.248 e. The van der Waals surface area contributed by atoms with Crippen LogP contribution >= 0.6 is 22.9 Å². The van der Waals surface area contributed by atoms with Gasteiger partial charge in [-0.05, 0) is 43.5 Å². The molecule has 1 N–H and O–H groups in total. The predicted octanol–water partition coefficient (Wildman–Crippen LogP) is 4.96. The summed E-state index contributed by atoms with van der Waals surface area (Å²) in [4.78, 5) is 17.9. The Kier molecular flexibility index (Phi) is 5.67. The van der Waals surface area contributed by atoms with Crippen molar-refractivity contribution in [2.45, 2.75) is 0 Å². The number of likely N-dealkylation sites (N-methyl/N-ethyl adjacent to an activating group) is 1. The van der Waals surface area contributed by atoms with Crippen LogP contribution in [0.2, 0.25) is 5.02 Å². The van der Waals surface area contributed by atoms with E-state index in [1.54, 1.807) is 17.4 Å². The second kappa shape index (κ2) is 8.35. The van der Waals surface area contributed by atoms with Gasteiger partial charge in [-0.15, -0.1) is 11.3 Å². The molecule has 3 aromatic rings. The van der Waals surface area contributed by atoms with Crippen molar-refractivity contribution in [3.8, 4) is 0 Å². The lowest BCUT2D eigenvalue weighted by molar-refractivity contribution is -0.111. The first-order chi connectivity index (χ1) is 13.6. The number of piperazine rings is 1. The van der Waals surface area contributed by atoms with Crippen molar-refractivity contribution in [3.05, 3.63) is 64.5 Å². The second-order valence-electron chi connectivity index (χ2n) is 6.94. The molecule has 0 spiro atoms. The largest absolute Gasteiger partial charge is 0.369 e. The summed E-state index contributed by atoms with van der Waals surface area (Å²) in [6.07, 6.45) is 3.31. The maximum absolute atomic E-state index is 12.3. The molecule has 2 heterocycles. The molecule has 4 nitrogen and oxygen atoms in total. The van der Waals surface area contributed by atoms with E-state index in [-0.39, 0.29) is 5.91 Å². The van der Waals surface area contributed by atoms with Crippen LogP contribution in [0.4, 0.5) is 11.4 Å². The zero-order chi connectivity index (χ0) is 19.5. The summed E-state index contributed by atoms with van der Waals surface area (Å²) in [6.45, 7) is 4.20. The van der Waals surface area contributed by atoms with Crippen LogP contribution in [0.1, 0.15) is 4.88 Å². The van der Waals surface area contributed by atoms with E-state index in [0.717, 1.165) is 46.8 Å². The molecule has 1 saturated heterocycles. The van der Waals surface area contributed by atoms with Crippen LogP contribution in [0.3, 0.4) is 0 Å². The van der Waals surface area contributed by atoms with E-state index < -0.39 is 0 Å². The van der Waals surface area contributed by atoms with E-state index >= 15 is 0 Å². The Morgan fingerprint density at radius 2 is 1.79 bits per heavy atom. The summed E-state index contributed by atoms with van der Waals surface area (Å²) < 4.78 is 1.12. The fourth-order valence-corrected chi connectivity index (χ4v) is 4.69. The number of anilines is 2. The predicted molar refractivity (Wildman–Crippen MR) is 121 cm³/mol. The van der Waals surface area contributed by atoms with Crippen molar-refractivity contribution < 1.29 is 4.79 Å². The standard InChI is InChI=1S/C22H22ClN3OS/c1-25-12-14-26(15-13-25)17-8-6-16(7-9-17)24-21(27)11-10-20-22(23)18-4-2-3-5-19(18)28-20/h2-11H,12-15H2,1H3,(H,24,27)/b11-10+. The number of benzene rings is 2. The Balaban J connectivity index is 1.39. The van der Waals surface area contributed by atoms with Crippen molar-refractivity contribution >= 4 is 56.4 Å². The van der Waals surface area contributed by atoms with Gasteiger partial charge in [-0.1, -0.05) is 29.8 Å². The molecular formula is C22H22ClN3OS. The fraction of sp³-hybridized carbons (Fsp3) is 0.227. The van der Waals surface area contributed by atoms with Crippen LogP contribution in [0.25, 0.3) is 16.2 Å². The number of hydrogen-bond acceptors (Lipinski definition) is 4. The van der Waals surface area contributed by atoms with Crippen molar-refractivity contribution in [2.24, 2.45) is 0 Å². The lowest BCUT2D eigenvalue weighted by Gasteiger charge is -2.34. The Morgan fingerprint density at radius 3 is 2.50 bits per heavy atom. The first-order valence-corrected chi connectivity index (χ1v) is 10.5. The van der Waals surface area contributed by atoms with Gasteiger partial charge >= 0.3 is 0 Å². The van der Waals surface area contributed by atoms with E-state index in [9.17, 15) is 4.79 Å². The molecule has 0 radical (unpaired) electrons. The van der Waals surface area contributed by atoms with Crippen molar-refractivity contribution in [1.29, 1.82) is 0 Å². The van der Waals surface area contributed by atoms with Crippen LogP contribution in [0, 0.1) is 0 Å². The molecule has 6 heteroatoms. The van der Waals surface area contributed by atoms with Gasteiger partial charge in [0.25, 0.3) is 0 Å². The number of nitrogens with one attached hydrogen (secondary N) is 1. The number of fused-ring (bicyclic) bond motifs is 1. The summed E-state index contributed by atoms with van der Waals surface area (Å²) in [5.74, 6) is -0.166. The van der Waals surface area contributed by atoms with Gasteiger partial charge in [-0.2, -0.15) is 0 Å². The smallest absolute Gasteiger partial charge is 0.248 e. The molecular weight excluding hydrogens is 390 g/mol. The molecule has 4 rings (SSSR count). The summed E-state index contributed by atoms with van der Waals surface area (Å²) in [5, 5.41) is 4.63. The summed E-state index contributed by atoms with van der Waals surface area (Å²) in [5.41, 5.74) is 1.98. The number of halogens is 1. The van der Waals surface area contributed by atoms with E-state index in [0.29, 0.717) is 5.02 Å². The topological polar surface area (TPSA) is 35.6 Å². The molecule has 1 aromatic heterocycles. The van der Waals surface area contributed by atoms with Crippen LogP contribution < -0.4 is 10.2 Å². The molecule has 0 atom stereocenters. The molecule has 1 fully saturated rings. The molecule has 1 amide bonds. The second-order valence-corrected chi connectivity index (χ2v) is 8.40. The number of hydrogen-bond donors (Lipinski definition) is 1. The average molecular weight is 412 g/mol. The molecule has 0 aliphatic carbocycles. The van der Waals surface area contributed by atoms with Crippen molar-refractivity contribution in [3.63, 3.8) is 0 Å². The summed E-state index contributed by atoms with van der Waals surface area (Å²) in [6, 6.07) is 16.0. The van der Waals surface area contributed by atoms with Gasteiger partial charge in [-0.3, -0.25) is 4.79 Å². The number of carbonyl (C=O) groups excluding carboxylic acids is 1. The van der Waals surface area contributed by atoms with Crippen LogP contribution in [-0.4, -0.2) is 44.0 Å². The molecule has 144 valence electrons. The van der Waals surface area contributed by atoms with Crippen molar-refractivity contribution in [1.82, 2.24) is 4.90 Å². The minimum Gasteiger partial charge on any atom is -0.369 e. The van der Waals surface area contributed by atoms with Crippen LogP contribution in [0.15, 0.2) is 54.6 Å². The Bertz CT molecular complexity index is 1000. The molecule has 1 aliphatic rings. The highest BCUT2D eigenvalue weighted by molar-refractivity contribution is 7.20. The van der Waals surface area contributed by atoms with E-state index in [1.807, 2.05) is 36.4 Å². The normalized spacial score (nSPS) is 15.4. The van der Waals surface area contributed by atoms with E-state index in [1.165, 1.54) is 11.8 Å². The summed E-state index contributed by atoms with van der Waals surface area (Å²) in [7, 11) is 2.15. The SMILES string of the molecule is CN1CCN(c2ccc(NC(=O)/C=C/c3sc4ccccc4c3Cl)cc2)CC1. The number of amides is 1. The number of rotatable bonds is 4. The molecule has 2 aromatic carbocycles. The Hall–Kier alpha value is -2.34. The van der Waals surface area contributed by atoms with Gasteiger partial charge in [0, 0.05) is 58.6 Å². The maximum atomic E-state index is 12.3. The first kappa shape index (κ1) is 19.0.